The van der Waals surface area contributed by atoms with Crippen LogP contribution in [0.15, 0.2) is 24.3 Å². The average Bonchev–Trinajstić information content (AvgIpc) is 2.70. The molecule has 2 fully saturated rings. The van der Waals surface area contributed by atoms with Gasteiger partial charge in [-0.15, -0.1) is 0 Å². The van der Waals surface area contributed by atoms with Gasteiger partial charge in [-0.25, -0.2) is 0 Å². The standard InChI is InChI=1S/C20H31NO2/c1-16-15-21(2)13-7-12-20(16)23-19-11-6-10-18(14-19)22-17-8-4-3-5-9-17/h6,10-11,14,16-17,20H,3-5,7-9,12-13,15H2,1-2H3. The van der Waals surface area contributed by atoms with Crippen LogP contribution in [-0.4, -0.2) is 37.2 Å². The van der Waals surface area contributed by atoms with E-state index in [0.29, 0.717) is 18.1 Å². The molecule has 0 radical (unpaired) electrons. The van der Waals surface area contributed by atoms with Crippen molar-refractivity contribution in [3.63, 3.8) is 0 Å². The van der Waals surface area contributed by atoms with Crippen LogP contribution in [0.25, 0.3) is 0 Å². The Balaban J connectivity index is 1.60. The third-order valence-corrected chi connectivity index (χ3v) is 5.21. The van der Waals surface area contributed by atoms with Gasteiger partial charge in [0.15, 0.2) is 0 Å². The molecular formula is C20H31NO2. The normalized spacial score (nSPS) is 27.4. The monoisotopic (exact) mass is 317 g/mol. The molecular weight excluding hydrogens is 286 g/mol. The van der Waals surface area contributed by atoms with Gasteiger partial charge < -0.3 is 14.4 Å². The van der Waals surface area contributed by atoms with Crippen molar-refractivity contribution in [1.29, 1.82) is 0 Å². The summed E-state index contributed by atoms with van der Waals surface area (Å²) in [5.74, 6) is 2.48. The van der Waals surface area contributed by atoms with Gasteiger partial charge in [-0.3, -0.25) is 0 Å². The molecule has 2 unspecified atom stereocenters. The van der Waals surface area contributed by atoms with E-state index in [2.05, 4.69) is 43.1 Å². The smallest absolute Gasteiger partial charge is 0.123 e. The Morgan fingerprint density at radius 3 is 2.48 bits per heavy atom. The average molecular weight is 317 g/mol. The van der Waals surface area contributed by atoms with Crippen LogP contribution in [0, 0.1) is 5.92 Å². The first-order valence-corrected chi connectivity index (χ1v) is 9.32. The Bertz CT molecular complexity index is 484. The van der Waals surface area contributed by atoms with E-state index < -0.39 is 0 Å². The number of hydrogen-bond donors (Lipinski definition) is 0. The molecule has 0 aromatic heterocycles. The SMILES string of the molecule is CC1CN(C)CCCC1Oc1cccc(OC2CCCCC2)c1. The van der Waals surface area contributed by atoms with Crippen LogP contribution in [0.3, 0.4) is 0 Å². The highest BCUT2D eigenvalue weighted by molar-refractivity contribution is 5.33. The second-order valence-corrected chi connectivity index (χ2v) is 7.39. The summed E-state index contributed by atoms with van der Waals surface area (Å²) < 4.78 is 12.5. The fraction of sp³-hybridized carbons (Fsp3) is 0.700. The van der Waals surface area contributed by atoms with Gasteiger partial charge in [0.25, 0.3) is 0 Å². The number of rotatable bonds is 4. The molecule has 1 aliphatic carbocycles. The van der Waals surface area contributed by atoms with E-state index in [9.17, 15) is 0 Å². The van der Waals surface area contributed by atoms with Crippen LogP contribution in [0.5, 0.6) is 11.5 Å². The number of benzene rings is 1. The second-order valence-electron chi connectivity index (χ2n) is 7.39. The summed E-state index contributed by atoms with van der Waals surface area (Å²) in [5.41, 5.74) is 0. The third kappa shape index (κ3) is 4.87. The van der Waals surface area contributed by atoms with Gasteiger partial charge in [-0.1, -0.05) is 19.4 Å². The van der Waals surface area contributed by atoms with Gasteiger partial charge in [0.1, 0.15) is 17.6 Å². The lowest BCUT2D eigenvalue weighted by molar-refractivity contribution is 0.128. The molecule has 0 spiro atoms. The summed E-state index contributed by atoms with van der Waals surface area (Å²) in [7, 11) is 2.21. The zero-order chi connectivity index (χ0) is 16.1. The highest BCUT2D eigenvalue weighted by Gasteiger charge is 2.24. The summed E-state index contributed by atoms with van der Waals surface area (Å²) >= 11 is 0. The summed E-state index contributed by atoms with van der Waals surface area (Å²) in [5, 5.41) is 0. The fourth-order valence-corrected chi connectivity index (χ4v) is 3.89. The van der Waals surface area contributed by atoms with Gasteiger partial charge in [0.2, 0.25) is 0 Å². The van der Waals surface area contributed by atoms with Crippen LogP contribution in [0.4, 0.5) is 0 Å². The Morgan fingerprint density at radius 2 is 1.70 bits per heavy atom. The Morgan fingerprint density at radius 1 is 0.957 bits per heavy atom. The molecule has 3 heteroatoms. The highest BCUT2D eigenvalue weighted by Crippen LogP contribution is 2.28. The van der Waals surface area contributed by atoms with Crippen LogP contribution in [0.1, 0.15) is 51.9 Å². The number of ether oxygens (including phenoxy) is 2. The number of likely N-dealkylation sites (tertiary alicyclic amines) is 1. The van der Waals surface area contributed by atoms with Crippen molar-refractivity contribution in [2.75, 3.05) is 20.1 Å². The van der Waals surface area contributed by atoms with Gasteiger partial charge in [0, 0.05) is 18.5 Å². The van der Waals surface area contributed by atoms with Crippen LogP contribution < -0.4 is 9.47 Å². The third-order valence-electron chi connectivity index (χ3n) is 5.21. The van der Waals surface area contributed by atoms with E-state index in [-0.39, 0.29) is 0 Å². The molecule has 2 atom stereocenters. The van der Waals surface area contributed by atoms with Crippen molar-refractivity contribution >= 4 is 0 Å². The minimum atomic E-state index is 0.310. The zero-order valence-corrected chi connectivity index (χ0v) is 14.7. The molecule has 1 saturated heterocycles. The summed E-state index contributed by atoms with van der Waals surface area (Å²) in [6.45, 7) is 4.59. The van der Waals surface area contributed by atoms with E-state index in [1.54, 1.807) is 0 Å². The number of nitrogens with zero attached hydrogens (tertiary/aromatic N) is 1. The molecule has 1 heterocycles. The van der Waals surface area contributed by atoms with Gasteiger partial charge in [0.05, 0.1) is 6.10 Å². The maximum Gasteiger partial charge on any atom is 0.123 e. The first-order valence-electron chi connectivity index (χ1n) is 9.32. The van der Waals surface area contributed by atoms with E-state index >= 15 is 0 Å². The van der Waals surface area contributed by atoms with E-state index in [1.165, 1.54) is 45.1 Å². The van der Waals surface area contributed by atoms with Crippen molar-refractivity contribution in [3.8, 4) is 11.5 Å². The van der Waals surface area contributed by atoms with Gasteiger partial charge in [-0.05, 0) is 64.3 Å². The van der Waals surface area contributed by atoms with Crippen molar-refractivity contribution in [3.05, 3.63) is 24.3 Å². The molecule has 1 aromatic carbocycles. The molecule has 0 bridgehead atoms. The topological polar surface area (TPSA) is 21.7 Å². The lowest BCUT2D eigenvalue weighted by Gasteiger charge is -2.25. The molecule has 1 aliphatic heterocycles. The molecule has 1 saturated carbocycles. The lowest BCUT2D eigenvalue weighted by Crippen LogP contribution is -2.30. The first kappa shape index (κ1) is 16.6. The maximum atomic E-state index is 6.32. The predicted octanol–water partition coefficient (Wildman–Crippen LogP) is 4.51. The predicted molar refractivity (Wildman–Crippen MR) is 94.3 cm³/mol. The molecule has 0 amide bonds. The number of hydrogen-bond acceptors (Lipinski definition) is 3. The molecule has 1 aromatic rings. The van der Waals surface area contributed by atoms with Crippen LogP contribution in [0.2, 0.25) is 0 Å². The molecule has 3 nitrogen and oxygen atoms in total. The molecule has 128 valence electrons. The van der Waals surface area contributed by atoms with Crippen molar-refractivity contribution < 1.29 is 9.47 Å². The van der Waals surface area contributed by atoms with Crippen molar-refractivity contribution in [2.24, 2.45) is 5.92 Å². The quantitative estimate of drug-likeness (QED) is 0.815. The second kappa shape index (κ2) is 8.05. The van der Waals surface area contributed by atoms with Gasteiger partial charge >= 0.3 is 0 Å². The highest BCUT2D eigenvalue weighted by atomic mass is 16.5. The molecule has 0 N–H and O–H groups in total. The van der Waals surface area contributed by atoms with E-state index in [0.717, 1.165) is 24.5 Å². The summed E-state index contributed by atoms with van der Waals surface area (Å²) in [6, 6.07) is 8.26. The van der Waals surface area contributed by atoms with Crippen LogP contribution in [-0.2, 0) is 0 Å². The van der Waals surface area contributed by atoms with Gasteiger partial charge in [-0.2, -0.15) is 0 Å². The lowest BCUT2D eigenvalue weighted by atomic mass is 9.98. The Hall–Kier alpha value is -1.22. The Kier molecular flexibility index (Phi) is 5.82. The minimum absolute atomic E-state index is 0.310. The van der Waals surface area contributed by atoms with E-state index in [1.807, 2.05) is 0 Å². The fourth-order valence-electron chi connectivity index (χ4n) is 3.89. The first-order chi connectivity index (χ1) is 11.2. The maximum absolute atomic E-state index is 6.32. The summed E-state index contributed by atoms with van der Waals surface area (Å²) in [6.07, 6.45) is 9.39. The largest absolute Gasteiger partial charge is 0.490 e. The van der Waals surface area contributed by atoms with Crippen LogP contribution >= 0.6 is 0 Å². The zero-order valence-electron chi connectivity index (χ0n) is 14.7. The van der Waals surface area contributed by atoms with E-state index in [4.69, 9.17) is 9.47 Å². The van der Waals surface area contributed by atoms with Crippen molar-refractivity contribution in [2.45, 2.75) is 64.1 Å². The summed E-state index contributed by atoms with van der Waals surface area (Å²) in [4.78, 5) is 2.41. The Labute approximate surface area is 141 Å². The molecule has 2 aliphatic rings. The minimum Gasteiger partial charge on any atom is -0.490 e. The molecule has 23 heavy (non-hydrogen) atoms. The van der Waals surface area contributed by atoms with Crippen molar-refractivity contribution in [1.82, 2.24) is 4.90 Å². The molecule has 3 rings (SSSR count).